The molecule has 0 fully saturated rings. The lowest BCUT2D eigenvalue weighted by atomic mass is 10.1. The van der Waals surface area contributed by atoms with Crippen molar-refractivity contribution in [1.82, 2.24) is 9.55 Å². The van der Waals surface area contributed by atoms with Crippen molar-refractivity contribution >= 4 is 5.97 Å². The van der Waals surface area contributed by atoms with Crippen molar-refractivity contribution in [3.8, 4) is 0 Å². The Hall–Kier alpha value is -1.32. The third-order valence-electron chi connectivity index (χ3n) is 2.56. The lowest BCUT2D eigenvalue weighted by Gasteiger charge is -2.22. The number of hydrogen-bond acceptors (Lipinski definition) is 2. The van der Waals surface area contributed by atoms with Crippen LogP contribution < -0.4 is 0 Å². The molecule has 13 heavy (non-hydrogen) atoms. The summed E-state index contributed by atoms with van der Waals surface area (Å²) < 4.78 is 1.84. The predicted octanol–water partition coefficient (Wildman–Crippen LogP) is 1.48. The first-order valence-electron chi connectivity index (χ1n) is 4.49. The molecule has 1 unspecified atom stereocenters. The number of imidazole rings is 1. The molecule has 2 heterocycles. The number of carboxylic acids is 1. The quantitative estimate of drug-likeness (QED) is 0.712. The summed E-state index contributed by atoms with van der Waals surface area (Å²) in [4.78, 5) is 14.9. The fourth-order valence-corrected chi connectivity index (χ4v) is 1.92. The fraction of sp³-hybridized carbons (Fsp3) is 0.556. The van der Waals surface area contributed by atoms with Gasteiger partial charge in [0.1, 0.15) is 11.5 Å². The Labute approximate surface area is 76.2 Å². The summed E-state index contributed by atoms with van der Waals surface area (Å²) in [5.74, 6) is 0.0312. The molecule has 1 aliphatic heterocycles. The summed E-state index contributed by atoms with van der Waals surface area (Å²) in [6.07, 6.45) is 4.51. The maximum absolute atomic E-state index is 10.8. The first-order valence-corrected chi connectivity index (χ1v) is 4.49. The van der Waals surface area contributed by atoms with Crippen LogP contribution in [0.1, 0.15) is 42.1 Å². The van der Waals surface area contributed by atoms with Crippen molar-refractivity contribution in [3.05, 3.63) is 17.7 Å². The van der Waals surface area contributed by atoms with Crippen LogP contribution in [0.4, 0.5) is 0 Å². The minimum absolute atomic E-state index is 0.275. The van der Waals surface area contributed by atoms with Crippen LogP contribution in [0.2, 0.25) is 0 Å². The summed E-state index contributed by atoms with van der Waals surface area (Å²) in [5, 5.41) is 8.89. The molecule has 0 radical (unpaired) electrons. The first-order chi connectivity index (χ1) is 6.20. The summed E-state index contributed by atoms with van der Waals surface area (Å²) in [5.41, 5.74) is 0.321. The molecule has 1 aromatic rings. The lowest BCUT2D eigenvalue weighted by molar-refractivity contribution is 0.0681. The van der Waals surface area contributed by atoms with Crippen molar-refractivity contribution in [2.45, 2.75) is 32.2 Å². The molecular formula is C9H12N2O2. The minimum atomic E-state index is -0.882. The van der Waals surface area contributed by atoms with E-state index in [1.807, 2.05) is 11.5 Å². The van der Waals surface area contributed by atoms with E-state index in [9.17, 15) is 4.79 Å². The topological polar surface area (TPSA) is 55.1 Å². The first kappa shape index (κ1) is 8.29. The van der Waals surface area contributed by atoms with Gasteiger partial charge in [0.05, 0.1) is 6.20 Å². The second kappa shape index (κ2) is 2.87. The van der Waals surface area contributed by atoms with Crippen LogP contribution in [0.25, 0.3) is 0 Å². The summed E-state index contributed by atoms with van der Waals surface area (Å²) in [6.45, 7) is 2.04. The maximum Gasteiger partial charge on any atom is 0.354 e. The Morgan fingerprint density at radius 3 is 3.23 bits per heavy atom. The van der Waals surface area contributed by atoms with Crippen molar-refractivity contribution < 1.29 is 9.90 Å². The molecule has 4 nitrogen and oxygen atoms in total. The molecule has 1 aromatic heterocycles. The average molecular weight is 180 g/mol. The van der Waals surface area contributed by atoms with Crippen molar-refractivity contribution in [2.24, 2.45) is 0 Å². The molecule has 4 heteroatoms. The van der Waals surface area contributed by atoms with Gasteiger partial charge in [-0.05, 0) is 19.8 Å². The van der Waals surface area contributed by atoms with Gasteiger partial charge in [-0.15, -0.1) is 0 Å². The molecule has 70 valence electrons. The maximum atomic E-state index is 10.8. The zero-order chi connectivity index (χ0) is 9.42. The van der Waals surface area contributed by atoms with Gasteiger partial charge in [-0.2, -0.15) is 0 Å². The van der Waals surface area contributed by atoms with Crippen molar-refractivity contribution in [2.75, 3.05) is 0 Å². The van der Waals surface area contributed by atoms with E-state index in [1.165, 1.54) is 6.20 Å². The second-order valence-electron chi connectivity index (χ2n) is 3.48. The van der Waals surface area contributed by atoms with E-state index >= 15 is 0 Å². The normalized spacial score (nSPS) is 21.2. The van der Waals surface area contributed by atoms with E-state index in [-0.39, 0.29) is 6.04 Å². The zero-order valence-corrected chi connectivity index (χ0v) is 7.53. The number of fused-ring (bicyclic) bond motifs is 1. The predicted molar refractivity (Wildman–Crippen MR) is 46.8 cm³/mol. The van der Waals surface area contributed by atoms with Crippen molar-refractivity contribution in [1.29, 1.82) is 0 Å². The Balaban J connectivity index is 2.50. The number of aryl methyl sites for hydroxylation is 1. The smallest absolute Gasteiger partial charge is 0.354 e. The van der Waals surface area contributed by atoms with Crippen LogP contribution in [0.5, 0.6) is 0 Å². The highest BCUT2D eigenvalue weighted by Crippen LogP contribution is 2.25. The Morgan fingerprint density at radius 1 is 1.77 bits per heavy atom. The van der Waals surface area contributed by atoms with Gasteiger partial charge in [0, 0.05) is 12.5 Å². The van der Waals surface area contributed by atoms with Gasteiger partial charge < -0.3 is 9.67 Å². The second-order valence-corrected chi connectivity index (χ2v) is 3.48. The van der Waals surface area contributed by atoms with E-state index in [1.54, 1.807) is 0 Å². The van der Waals surface area contributed by atoms with E-state index in [4.69, 9.17) is 5.11 Å². The highest BCUT2D eigenvalue weighted by atomic mass is 16.4. The molecule has 0 bridgehead atoms. The summed E-state index contributed by atoms with van der Waals surface area (Å²) in [7, 11) is 0. The average Bonchev–Trinajstić information content (AvgIpc) is 2.49. The molecule has 0 amide bonds. The standard InChI is InChI=1S/C9H12N2O2/c1-6-3-2-4-8-10-5-7(9(12)13)11(6)8/h5-6H,2-4H2,1H3,(H,12,13). The molecule has 1 atom stereocenters. The Kier molecular flexibility index (Phi) is 1.83. The van der Waals surface area contributed by atoms with Gasteiger partial charge >= 0.3 is 5.97 Å². The van der Waals surface area contributed by atoms with E-state index in [2.05, 4.69) is 4.98 Å². The Morgan fingerprint density at radius 2 is 2.54 bits per heavy atom. The molecule has 0 saturated carbocycles. The van der Waals surface area contributed by atoms with E-state index in [0.29, 0.717) is 5.69 Å². The number of hydrogen-bond donors (Lipinski definition) is 1. The van der Waals surface area contributed by atoms with Crippen LogP contribution in [-0.2, 0) is 6.42 Å². The molecular weight excluding hydrogens is 168 g/mol. The SMILES string of the molecule is CC1CCCc2ncc(C(=O)O)n21. The number of aromatic nitrogens is 2. The van der Waals surface area contributed by atoms with Crippen LogP contribution in [0.15, 0.2) is 6.20 Å². The molecule has 0 aliphatic carbocycles. The van der Waals surface area contributed by atoms with Crippen molar-refractivity contribution in [3.63, 3.8) is 0 Å². The highest BCUT2D eigenvalue weighted by molar-refractivity contribution is 5.85. The molecule has 0 aromatic carbocycles. The van der Waals surface area contributed by atoms with Gasteiger partial charge in [0.15, 0.2) is 0 Å². The van der Waals surface area contributed by atoms with Crippen LogP contribution in [0.3, 0.4) is 0 Å². The summed E-state index contributed by atoms with van der Waals surface area (Å²) in [6, 6.07) is 0.275. The molecule has 0 saturated heterocycles. The van der Waals surface area contributed by atoms with E-state index < -0.39 is 5.97 Å². The van der Waals surface area contributed by atoms with Gasteiger partial charge in [0.25, 0.3) is 0 Å². The number of rotatable bonds is 1. The van der Waals surface area contributed by atoms with Gasteiger partial charge in [0.2, 0.25) is 0 Å². The van der Waals surface area contributed by atoms with Gasteiger partial charge in [-0.25, -0.2) is 9.78 Å². The molecule has 1 N–H and O–H groups in total. The Bertz CT molecular complexity index is 343. The minimum Gasteiger partial charge on any atom is -0.477 e. The van der Waals surface area contributed by atoms with Crippen LogP contribution in [0, 0.1) is 0 Å². The number of carbonyl (C=O) groups is 1. The highest BCUT2D eigenvalue weighted by Gasteiger charge is 2.22. The number of carboxylic acid groups (broad SMARTS) is 1. The molecule has 0 spiro atoms. The van der Waals surface area contributed by atoms with Gasteiger partial charge in [-0.3, -0.25) is 0 Å². The molecule has 2 rings (SSSR count). The van der Waals surface area contributed by atoms with E-state index in [0.717, 1.165) is 25.1 Å². The van der Waals surface area contributed by atoms with Gasteiger partial charge in [-0.1, -0.05) is 0 Å². The molecule has 1 aliphatic rings. The zero-order valence-electron chi connectivity index (χ0n) is 7.53. The lowest BCUT2D eigenvalue weighted by Crippen LogP contribution is -2.19. The van der Waals surface area contributed by atoms with Crippen LogP contribution in [-0.4, -0.2) is 20.6 Å². The third-order valence-corrected chi connectivity index (χ3v) is 2.56. The van der Waals surface area contributed by atoms with Crippen LogP contribution >= 0.6 is 0 Å². The number of aromatic carboxylic acids is 1. The summed E-state index contributed by atoms with van der Waals surface area (Å²) >= 11 is 0. The number of nitrogens with zero attached hydrogens (tertiary/aromatic N) is 2. The monoisotopic (exact) mass is 180 g/mol. The third kappa shape index (κ3) is 1.22. The fourth-order valence-electron chi connectivity index (χ4n) is 1.92. The largest absolute Gasteiger partial charge is 0.477 e.